The fourth-order valence-corrected chi connectivity index (χ4v) is 4.69. The number of carbonyl (C=O) groups excluding carboxylic acids is 1. The van der Waals surface area contributed by atoms with Gasteiger partial charge < -0.3 is 14.4 Å². The van der Waals surface area contributed by atoms with Gasteiger partial charge in [-0.25, -0.2) is 27.9 Å². The highest BCUT2D eigenvalue weighted by atomic mass is 32.2. The summed E-state index contributed by atoms with van der Waals surface area (Å²) in [5.41, 5.74) is 1.24. The normalized spacial score (nSPS) is 15.0. The maximum atomic E-state index is 12.4. The minimum atomic E-state index is -3.28. The number of hydrogen-bond acceptors (Lipinski definition) is 8. The Balaban J connectivity index is 1.40. The molecule has 3 heterocycles. The minimum Gasteiger partial charge on any atom is -0.474 e. The summed E-state index contributed by atoms with van der Waals surface area (Å²) in [6, 6.07) is 6.45. The van der Waals surface area contributed by atoms with Gasteiger partial charge in [-0.05, 0) is 30.2 Å². The highest BCUT2D eigenvalue weighted by Gasteiger charge is 2.26. The highest BCUT2D eigenvalue weighted by Crippen LogP contribution is 2.26. The van der Waals surface area contributed by atoms with E-state index >= 15 is 0 Å². The van der Waals surface area contributed by atoms with Gasteiger partial charge in [0.05, 0.1) is 23.4 Å². The van der Waals surface area contributed by atoms with Crippen molar-refractivity contribution in [3.63, 3.8) is 0 Å². The molecule has 1 saturated heterocycles. The van der Waals surface area contributed by atoms with E-state index in [0.29, 0.717) is 61.1 Å². The molecular formula is C24H31N5O5S. The summed E-state index contributed by atoms with van der Waals surface area (Å²) >= 11 is 0. The standard InChI is InChI=1S/C24H31N5O5S/c1-4-17(5-2)15-33-24(30)28-12-10-19(11-13-28)34-23-21-14-27-29(22(21)25-16-26-23)18-6-8-20(9-7-18)35(3,31)32/h6-9,14,16-17,19H,4-5,10-13,15H2,1-3H3. The van der Waals surface area contributed by atoms with Gasteiger partial charge in [0.1, 0.15) is 17.8 Å². The van der Waals surface area contributed by atoms with Crippen LogP contribution < -0.4 is 4.74 Å². The Labute approximate surface area is 205 Å². The quantitative estimate of drug-likeness (QED) is 0.459. The molecule has 4 rings (SSSR count). The van der Waals surface area contributed by atoms with Crippen LogP contribution in [0.15, 0.2) is 41.7 Å². The highest BCUT2D eigenvalue weighted by molar-refractivity contribution is 7.90. The van der Waals surface area contributed by atoms with Crippen LogP contribution in [-0.4, -0.2) is 71.2 Å². The van der Waals surface area contributed by atoms with Gasteiger partial charge in [-0.1, -0.05) is 26.7 Å². The lowest BCUT2D eigenvalue weighted by Gasteiger charge is -2.31. The molecule has 0 aliphatic carbocycles. The van der Waals surface area contributed by atoms with E-state index in [0.717, 1.165) is 12.8 Å². The fourth-order valence-electron chi connectivity index (χ4n) is 4.06. The number of hydrogen-bond donors (Lipinski definition) is 0. The number of nitrogens with zero attached hydrogens (tertiary/aromatic N) is 5. The predicted octanol–water partition coefficient (Wildman–Crippen LogP) is 3.64. The topological polar surface area (TPSA) is 117 Å². The lowest BCUT2D eigenvalue weighted by Crippen LogP contribution is -2.42. The average molecular weight is 502 g/mol. The summed E-state index contributed by atoms with van der Waals surface area (Å²) in [7, 11) is -3.28. The zero-order chi connectivity index (χ0) is 25.0. The first-order valence-corrected chi connectivity index (χ1v) is 13.8. The Morgan fingerprint density at radius 2 is 1.80 bits per heavy atom. The van der Waals surface area contributed by atoms with Gasteiger partial charge in [0, 0.05) is 32.2 Å². The minimum absolute atomic E-state index is 0.0893. The van der Waals surface area contributed by atoms with E-state index in [1.807, 2.05) is 0 Å². The van der Waals surface area contributed by atoms with Gasteiger partial charge in [0.25, 0.3) is 0 Å². The molecule has 0 radical (unpaired) electrons. The van der Waals surface area contributed by atoms with Gasteiger partial charge in [-0.3, -0.25) is 0 Å². The molecule has 10 nitrogen and oxygen atoms in total. The van der Waals surface area contributed by atoms with Gasteiger partial charge in [0.2, 0.25) is 5.88 Å². The number of sulfone groups is 1. The maximum Gasteiger partial charge on any atom is 0.409 e. The third-order valence-electron chi connectivity index (χ3n) is 6.41. The first-order valence-electron chi connectivity index (χ1n) is 11.9. The molecule has 11 heteroatoms. The number of rotatable bonds is 8. The molecule has 35 heavy (non-hydrogen) atoms. The van der Waals surface area contributed by atoms with Crippen molar-refractivity contribution in [3.8, 4) is 11.6 Å². The summed E-state index contributed by atoms with van der Waals surface area (Å²) in [5, 5.41) is 5.07. The van der Waals surface area contributed by atoms with Gasteiger partial charge >= 0.3 is 6.09 Å². The second-order valence-corrected chi connectivity index (χ2v) is 10.8. The van der Waals surface area contributed by atoms with Crippen LogP contribution in [0.3, 0.4) is 0 Å². The number of likely N-dealkylation sites (tertiary alicyclic amines) is 1. The van der Waals surface area contributed by atoms with Crippen molar-refractivity contribution in [1.29, 1.82) is 0 Å². The molecule has 0 N–H and O–H groups in total. The molecule has 3 aromatic rings. The van der Waals surface area contributed by atoms with Crippen molar-refractivity contribution >= 4 is 27.0 Å². The maximum absolute atomic E-state index is 12.4. The Morgan fingerprint density at radius 3 is 2.43 bits per heavy atom. The number of amides is 1. The van der Waals surface area contributed by atoms with Crippen LogP contribution in [0.5, 0.6) is 5.88 Å². The summed E-state index contributed by atoms with van der Waals surface area (Å²) in [4.78, 5) is 23.0. The Kier molecular flexibility index (Phi) is 7.54. The van der Waals surface area contributed by atoms with E-state index < -0.39 is 9.84 Å². The summed E-state index contributed by atoms with van der Waals surface area (Å²) in [5.74, 6) is 0.835. The van der Waals surface area contributed by atoms with E-state index in [9.17, 15) is 13.2 Å². The zero-order valence-corrected chi connectivity index (χ0v) is 21.1. The SMILES string of the molecule is CCC(CC)COC(=O)N1CCC(Oc2ncnc3c2cnn3-c2ccc(S(C)(=O)=O)cc2)CC1. The second kappa shape index (κ2) is 10.6. The molecular weight excluding hydrogens is 470 g/mol. The molecule has 0 saturated carbocycles. The molecule has 1 amide bonds. The molecule has 1 aliphatic heterocycles. The molecule has 1 fully saturated rings. The van der Waals surface area contributed by atoms with Crippen molar-refractivity contribution in [2.45, 2.75) is 50.5 Å². The lowest BCUT2D eigenvalue weighted by molar-refractivity contribution is 0.0577. The number of fused-ring (bicyclic) bond motifs is 1. The van der Waals surface area contributed by atoms with Crippen LogP contribution in [0.4, 0.5) is 4.79 Å². The van der Waals surface area contributed by atoms with Crippen molar-refractivity contribution < 1.29 is 22.7 Å². The fraction of sp³-hybridized carbons (Fsp3) is 0.500. The summed E-state index contributed by atoms with van der Waals surface area (Å²) in [6.45, 7) is 5.79. The Hall–Kier alpha value is -3.21. The van der Waals surface area contributed by atoms with Crippen LogP contribution in [0.2, 0.25) is 0 Å². The summed E-state index contributed by atoms with van der Waals surface area (Å²) < 4.78 is 36.7. The number of ether oxygens (including phenoxy) is 2. The van der Waals surface area contributed by atoms with E-state index in [2.05, 4.69) is 28.9 Å². The molecule has 0 bridgehead atoms. The Bertz CT molecular complexity index is 1260. The zero-order valence-electron chi connectivity index (χ0n) is 20.3. The average Bonchev–Trinajstić information content (AvgIpc) is 3.30. The molecule has 1 aromatic carbocycles. The van der Waals surface area contributed by atoms with Crippen LogP contribution in [-0.2, 0) is 14.6 Å². The predicted molar refractivity (Wildman–Crippen MR) is 130 cm³/mol. The summed E-state index contributed by atoms with van der Waals surface area (Å²) in [6.07, 6.45) is 7.22. The molecule has 0 spiro atoms. The van der Waals surface area contributed by atoms with E-state index in [1.54, 1.807) is 40.0 Å². The van der Waals surface area contributed by atoms with Gasteiger partial charge in [-0.2, -0.15) is 5.10 Å². The van der Waals surface area contributed by atoms with E-state index in [-0.39, 0.29) is 17.1 Å². The van der Waals surface area contributed by atoms with Crippen LogP contribution in [0.1, 0.15) is 39.5 Å². The van der Waals surface area contributed by atoms with Crippen LogP contribution in [0, 0.1) is 5.92 Å². The largest absolute Gasteiger partial charge is 0.474 e. The molecule has 0 atom stereocenters. The van der Waals surface area contributed by atoms with Crippen LogP contribution in [0.25, 0.3) is 16.7 Å². The Morgan fingerprint density at radius 1 is 1.11 bits per heavy atom. The molecule has 2 aromatic heterocycles. The van der Waals surface area contributed by atoms with Crippen molar-refractivity contribution in [1.82, 2.24) is 24.6 Å². The number of benzene rings is 1. The van der Waals surface area contributed by atoms with E-state index in [4.69, 9.17) is 9.47 Å². The molecule has 0 unspecified atom stereocenters. The molecule has 1 aliphatic rings. The van der Waals surface area contributed by atoms with Gasteiger partial charge in [-0.15, -0.1) is 0 Å². The second-order valence-electron chi connectivity index (χ2n) is 8.80. The van der Waals surface area contributed by atoms with Gasteiger partial charge in [0.15, 0.2) is 15.5 Å². The smallest absolute Gasteiger partial charge is 0.409 e. The first kappa shape index (κ1) is 24.9. The lowest BCUT2D eigenvalue weighted by atomic mass is 10.1. The van der Waals surface area contributed by atoms with E-state index in [1.165, 1.54) is 12.6 Å². The molecule has 188 valence electrons. The number of carbonyl (C=O) groups is 1. The number of aromatic nitrogens is 4. The van der Waals surface area contributed by atoms with Crippen LogP contribution >= 0.6 is 0 Å². The third-order valence-corrected chi connectivity index (χ3v) is 7.54. The number of piperidine rings is 1. The third kappa shape index (κ3) is 5.72. The van der Waals surface area contributed by atoms with Crippen molar-refractivity contribution in [3.05, 3.63) is 36.8 Å². The monoisotopic (exact) mass is 501 g/mol. The van der Waals surface area contributed by atoms with Crippen molar-refractivity contribution in [2.75, 3.05) is 26.0 Å². The van der Waals surface area contributed by atoms with Crippen molar-refractivity contribution in [2.24, 2.45) is 5.92 Å². The first-order chi connectivity index (χ1) is 16.8.